The van der Waals surface area contributed by atoms with Crippen molar-refractivity contribution in [1.29, 1.82) is 0 Å². The third-order valence-electron chi connectivity index (χ3n) is 3.73. The molecular formula is C17H21N7O3. The molecule has 0 unspecified atom stereocenters. The molecule has 2 amide bonds. The van der Waals surface area contributed by atoms with Gasteiger partial charge in [-0.2, -0.15) is 10.1 Å². The van der Waals surface area contributed by atoms with Crippen LogP contribution in [0.1, 0.15) is 30.5 Å². The zero-order chi connectivity index (χ0) is 19.2. The molecule has 0 aliphatic heterocycles. The normalized spacial score (nSPS) is 12.0. The maximum atomic E-state index is 12.2. The van der Waals surface area contributed by atoms with Gasteiger partial charge in [0.1, 0.15) is 11.9 Å². The van der Waals surface area contributed by atoms with E-state index < -0.39 is 6.04 Å². The second kappa shape index (κ2) is 8.41. The number of carbonyl (C=O) groups excluding carboxylic acids is 1. The number of ether oxygens (including phenoxy) is 1. The van der Waals surface area contributed by atoms with Gasteiger partial charge in [-0.15, -0.1) is 0 Å². The highest BCUT2D eigenvalue weighted by molar-refractivity contribution is 5.89. The fourth-order valence-electron chi connectivity index (χ4n) is 2.34. The first kappa shape index (κ1) is 18.5. The fourth-order valence-corrected chi connectivity index (χ4v) is 2.34. The summed E-state index contributed by atoms with van der Waals surface area (Å²) in [6.45, 7) is 4.11. The number of nitrogens with zero attached hydrogens (tertiary/aromatic N) is 4. The second-order valence-corrected chi connectivity index (χ2v) is 5.93. The summed E-state index contributed by atoms with van der Waals surface area (Å²) in [4.78, 5) is 20.7. The highest BCUT2D eigenvalue weighted by Gasteiger charge is 2.16. The van der Waals surface area contributed by atoms with Gasteiger partial charge in [-0.3, -0.25) is 5.10 Å². The summed E-state index contributed by atoms with van der Waals surface area (Å²) in [6, 6.07) is 6.43. The third-order valence-corrected chi connectivity index (χ3v) is 3.73. The summed E-state index contributed by atoms with van der Waals surface area (Å²) < 4.78 is 10.1. The van der Waals surface area contributed by atoms with Crippen LogP contribution in [0.4, 0.5) is 10.5 Å². The molecule has 10 heteroatoms. The van der Waals surface area contributed by atoms with Crippen molar-refractivity contribution in [3.8, 4) is 11.4 Å². The summed E-state index contributed by atoms with van der Waals surface area (Å²) in [5, 5.41) is 16.3. The van der Waals surface area contributed by atoms with Crippen molar-refractivity contribution in [3.63, 3.8) is 0 Å². The van der Waals surface area contributed by atoms with Crippen LogP contribution in [0, 0.1) is 6.92 Å². The number of aromatic amines is 1. The Labute approximate surface area is 155 Å². The maximum absolute atomic E-state index is 12.2. The quantitative estimate of drug-likeness (QED) is 0.580. The number of aromatic nitrogens is 5. The van der Waals surface area contributed by atoms with E-state index in [0.29, 0.717) is 36.3 Å². The van der Waals surface area contributed by atoms with E-state index in [1.54, 1.807) is 26.2 Å². The topological polar surface area (TPSA) is 131 Å². The van der Waals surface area contributed by atoms with Crippen LogP contribution in [0.2, 0.25) is 0 Å². The van der Waals surface area contributed by atoms with Crippen LogP contribution in [0.15, 0.2) is 28.8 Å². The van der Waals surface area contributed by atoms with Crippen molar-refractivity contribution >= 4 is 11.7 Å². The lowest BCUT2D eigenvalue weighted by Crippen LogP contribution is -2.31. The molecule has 0 saturated heterocycles. The molecule has 1 atom stereocenters. The highest BCUT2D eigenvalue weighted by atomic mass is 16.5. The average Bonchev–Trinajstić information content (AvgIpc) is 3.29. The molecule has 3 N–H and O–H groups in total. The summed E-state index contributed by atoms with van der Waals surface area (Å²) in [6.07, 6.45) is 0.551. The number of hydrogen-bond acceptors (Lipinski definition) is 7. The lowest BCUT2D eigenvalue weighted by molar-refractivity contribution is 0.199. The van der Waals surface area contributed by atoms with Gasteiger partial charge in [-0.1, -0.05) is 5.16 Å². The minimum absolute atomic E-state index is 0.339. The van der Waals surface area contributed by atoms with Gasteiger partial charge in [0.2, 0.25) is 5.89 Å². The number of aryl methyl sites for hydroxylation is 1. The SMILES string of the molecule is COCCc1noc([C@@H](C)NC(=O)Nc2ccc(-c3n[nH]c(C)n3)cc2)n1. The average molecular weight is 371 g/mol. The second-order valence-electron chi connectivity index (χ2n) is 5.93. The van der Waals surface area contributed by atoms with Crippen LogP contribution in [0.5, 0.6) is 0 Å². The molecule has 0 aliphatic carbocycles. The molecule has 0 bridgehead atoms. The first-order chi connectivity index (χ1) is 13.0. The summed E-state index contributed by atoms with van der Waals surface area (Å²) >= 11 is 0. The Hall–Kier alpha value is -3.27. The number of benzene rings is 1. The number of amides is 2. The standard InChI is InChI=1S/C17H21N7O3/c1-10(16-21-14(24-27-16)8-9-26-3)18-17(25)20-13-6-4-12(5-7-13)15-19-11(2)22-23-15/h4-7,10H,8-9H2,1-3H3,(H2,18,20,25)(H,19,22,23)/t10-/m1/s1. The number of anilines is 1. The molecule has 0 spiro atoms. The third kappa shape index (κ3) is 4.88. The molecule has 2 heterocycles. The summed E-state index contributed by atoms with van der Waals surface area (Å²) in [7, 11) is 1.61. The minimum atomic E-state index is -0.427. The van der Waals surface area contributed by atoms with Gasteiger partial charge in [-0.05, 0) is 38.1 Å². The monoisotopic (exact) mass is 371 g/mol. The molecule has 2 aromatic heterocycles. The number of urea groups is 1. The largest absolute Gasteiger partial charge is 0.384 e. The highest BCUT2D eigenvalue weighted by Crippen LogP contribution is 2.18. The van der Waals surface area contributed by atoms with Crippen LogP contribution >= 0.6 is 0 Å². The van der Waals surface area contributed by atoms with Gasteiger partial charge < -0.3 is 19.9 Å². The van der Waals surface area contributed by atoms with Crippen molar-refractivity contribution in [1.82, 2.24) is 30.6 Å². The maximum Gasteiger partial charge on any atom is 0.319 e. The van der Waals surface area contributed by atoms with E-state index >= 15 is 0 Å². The summed E-state index contributed by atoms with van der Waals surface area (Å²) in [5.41, 5.74) is 1.50. The zero-order valence-corrected chi connectivity index (χ0v) is 15.3. The predicted molar refractivity (Wildman–Crippen MR) is 97.0 cm³/mol. The molecule has 10 nitrogen and oxygen atoms in total. The number of H-pyrrole nitrogens is 1. The lowest BCUT2D eigenvalue weighted by Gasteiger charge is -2.11. The van der Waals surface area contributed by atoms with Gasteiger partial charge in [0.25, 0.3) is 0 Å². The lowest BCUT2D eigenvalue weighted by atomic mass is 10.2. The number of nitrogens with one attached hydrogen (secondary N) is 3. The smallest absolute Gasteiger partial charge is 0.319 e. The Bertz CT molecular complexity index is 888. The van der Waals surface area contributed by atoms with Crippen LogP contribution < -0.4 is 10.6 Å². The molecule has 142 valence electrons. The van der Waals surface area contributed by atoms with Crippen LogP contribution in [0.3, 0.4) is 0 Å². The zero-order valence-electron chi connectivity index (χ0n) is 15.3. The number of carbonyl (C=O) groups is 1. The van der Waals surface area contributed by atoms with E-state index in [1.165, 1.54) is 0 Å². The molecule has 1 aromatic carbocycles. The van der Waals surface area contributed by atoms with Crippen molar-refractivity contribution in [2.75, 3.05) is 19.0 Å². The van der Waals surface area contributed by atoms with Crippen molar-refractivity contribution in [3.05, 3.63) is 41.8 Å². The van der Waals surface area contributed by atoms with Crippen LogP contribution in [0.25, 0.3) is 11.4 Å². The molecule has 27 heavy (non-hydrogen) atoms. The first-order valence-corrected chi connectivity index (χ1v) is 8.43. The van der Waals surface area contributed by atoms with E-state index in [2.05, 4.69) is 36.0 Å². The summed E-state index contributed by atoms with van der Waals surface area (Å²) in [5.74, 6) is 2.23. The Morgan fingerprint density at radius 1 is 1.30 bits per heavy atom. The number of hydrogen-bond donors (Lipinski definition) is 3. The molecule has 3 rings (SSSR count). The van der Waals surface area contributed by atoms with Gasteiger partial charge in [0.05, 0.1) is 6.61 Å². The fraction of sp³-hybridized carbons (Fsp3) is 0.353. The van der Waals surface area contributed by atoms with Crippen molar-refractivity contribution in [2.45, 2.75) is 26.3 Å². The van der Waals surface area contributed by atoms with E-state index in [0.717, 1.165) is 11.4 Å². The van der Waals surface area contributed by atoms with Crippen molar-refractivity contribution in [2.24, 2.45) is 0 Å². The Balaban J connectivity index is 1.54. The molecule has 0 saturated carbocycles. The Kier molecular flexibility index (Phi) is 5.77. The number of methoxy groups -OCH3 is 1. The first-order valence-electron chi connectivity index (χ1n) is 8.43. The van der Waals surface area contributed by atoms with Crippen molar-refractivity contribution < 1.29 is 14.1 Å². The van der Waals surface area contributed by atoms with E-state index in [4.69, 9.17) is 9.26 Å². The number of rotatable bonds is 7. The predicted octanol–water partition coefficient (Wildman–Crippen LogP) is 2.23. The molecule has 0 aliphatic rings. The van der Waals surface area contributed by atoms with Crippen LogP contribution in [-0.4, -0.2) is 45.1 Å². The molecule has 3 aromatic rings. The van der Waals surface area contributed by atoms with E-state index in [-0.39, 0.29) is 6.03 Å². The minimum Gasteiger partial charge on any atom is -0.384 e. The van der Waals surface area contributed by atoms with E-state index in [1.807, 2.05) is 19.1 Å². The Morgan fingerprint density at radius 2 is 2.07 bits per heavy atom. The molecular weight excluding hydrogens is 350 g/mol. The van der Waals surface area contributed by atoms with Crippen LogP contribution in [-0.2, 0) is 11.2 Å². The van der Waals surface area contributed by atoms with Gasteiger partial charge in [0.15, 0.2) is 11.6 Å². The van der Waals surface area contributed by atoms with Gasteiger partial charge in [-0.25, -0.2) is 9.78 Å². The van der Waals surface area contributed by atoms with E-state index in [9.17, 15) is 4.79 Å². The van der Waals surface area contributed by atoms with Gasteiger partial charge in [0, 0.05) is 24.8 Å². The Morgan fingerprint density at radius 3 is 2.74 bits per heavy atom. The van der Waals surface area contributed by atoms with Gasteiger partial charge >= 0.3 is 6.03 Å². The molecule has 0 radical (unpaired) electrons. The molecule has 0 fully saturated rings.